The van der Waals surface area contributed by atoms with E-state index in [2.05, 4.69) is 10.2 Å². The van der Waals surface area contributed by atoms with Crippen LogP contribution in [0.1, 0.15) is 12.8 Å². The number of fused-ring (bicyclic) bond motifs is 2. The molecule has 1 N–H and O–H groups in total. The number of carbonyl (C=O) groups is 2. The van der Waals surface area contributed by atoms with E-state index in [9.17, 15) is 9.59 Å². The van der Waals surface area contributed by atoms with Crippen molar-refractivity contribution in [1.29, 1.82) is 0 Å². The Labute approximate surface area is 176 Å². The highest BCUT2D eigenvalue weighted by molar-refractivity contribution is 6.33. The van der Waals surface area contributed by atoms with Gasteiger partial charge in [-0.3, -0.25) is 9.69 Å². The first kappa shape index (κ1) is 20.4. The van der Waals surface area contributed by atoms with Gasteiger partial charge >= 0.3 is 6.03 Å². The molecular formula is C21H29ClN4O3. The Kier molecular flexibility index (Phi) is 5.73. The molecule has 29 heavy (non-hydrogen) atoms. The number of halogens is 1. The van der Waals surface area contributed by atoms with Crippen LogP contribution in [0.2, 0.25) is 5.02 Å². The van der Waals surface area contributed by atoms with Crippen LogP contribution >= 0.6 is 11.6 Å². The average molecular weight is 421 g/mol. The highest BCUT2D eigenvalue weighted by atomic mass is 35.5. The van der Waals surface area contributed by atoms with Gasteiger partial charge in [-0.05, 0) is 25.0 Å². The minimum absolute atomic E-state index is 0.0698. The summed E-state index contributed by atoms with van der Waals surface area (Å²) in [6.07, 6.45) is 1.62. The molecule has 7 nitrogen and oxygen atoms in total. The second-order valence-corrected chi connectivity index (χ2v) is 8.77. The Morgan fingerprint density at radius 3 is 2.69 bits per heavy atom. The second-order valence-electron chi connectivity index (χ2n) is 8.36. The maximum atomic E-state index is 12.9. The molecule has 3 aliphatic heterocycles. The summed E-state index contributed by atoms with van der Waals surface area (Å²) < 4.78 is 5.21. The van der Waals surface area contributed by atoms with Crippen LogP contribution in [0.4, 0.5) is 10.5 Å². The average Bonchev–Trinajstić information content (AvgIpc) is 3.23. The van der Waals surface area contributed by atoms with Gasteiger partial charge in [0.1, 0.15) is 0 Å². The van der Waals surface area contributed by atoms with Gasteiger partial charge in [0, 0.05) is 52.8 Å². The van der Waals surface area contributed by atoms with E-state index >= 15 is 0 Å². The van der Waals surface area contributed by atoms with Crippen molar-refractivity contribution in [3.63, 3.8) is 0 Å². The lowest BCUT2D eigenvalue weighted by Gasteiger charge is -2.46. The molecule has 0 bridgehead atoms. The molecule has 0 saturated carbocycles. The molecule has 3 aliphatic rings. The van der Waals surface area contributed by atoms with Crippen LogP contribution < -0.4 is 5.32 Å². The Morgan fingerprint density at radius 2 is 2.00 bits per heavy atom. The molecule has 0 unspecified atom stereocenters. The third-order valence-corrected chi connectivity index (χ3v) is 7.37. The number of methoxy groups -OCH3 is 1. The number of likely N-dealkylation sites (tertiary alicyclic amines) is 3. The number of nitrogens with one attached hydrogen (secondary N) is 1. The van der Waals surface area contributed by atoms with Gasteiger partial charge in [0.2, 0.25) is 5.91 Å². The highest BCUT2D eigenvalue weighted by Crippen LogP contribution is 2.48. The van der Waals surface area contributed by atoms with Gasteiger partial charge in [0.05, 0.1) is 28.8 Å². The van der Waals surface area contributed by atoms with Gasteiger partial charge in [-0.15, -0.1) is 0 Å². The first-order valence-corrected chi connectivity index (χ1v) is 10.6. The molecule has 0 radical (unpaired) electrons. The number of hydrogen-bond donors (Lipinski definition) is 1. The molecule has 3 amide bonds. The van der Waals surface area contributed by atoms with E-state index in [1.54, 1.807) is 19.2 Å². The lowest BCUT2D eigenvalue weighted by molar-refractivity contribution is -0.133. The van der Waals surface area contributed by atoms with E-state index in [1.807, 2.05) is 29.0 Å². The molecule has 0 aromatic heterocycles. The number of carbonyl (C=O) groups excluding carboxylic acids is 2. The van der Waals surface area contributed by atoms with Crippen LogP contribution in [0.3, 0.4) is 0 Å². The quantitative estimate of drug-likeness (QED) is 0.812. The first-order valence-electron chi connectivity index (χ1n) is 10.3. The third-order valence-electron chi connectivity index (χ3n) is 7.05. The molecule has 8 heteroatoms. The van der Waals surface area contributed by atoms with E-state index in [1.165, 1.54) is 0 Å². The van der Waals surface area contributed by atoms with Crippen molar-refractivity contribution in [3.05, 3.63) is 29.3 Å². The monoisotopic (exact) mass is 420 g/mol. The number of rotatable bonds is 4. The largest absolute Gasteiger partial charge is 0.383 e. The summed E-state index contributed by atoms with van der Waals surface area (Å²) in [6.45, 7) is 4.56. The second kappa shape index (κ2) is 8.13. The van der Waals surface area contributed by atoms with Crippen LogP contribution in [-0.4, -0.2) is 85.7 Å². The summed E-state index contributed by atoms with van der Waals surface area (Å²) >= 11 is 6.16. The Hall–Kier alpha value is -1.83. The van der Waals surface area contributed by atoms with Crippen molar-refractivity contribution < 1.29 is 14.3 Å². The normalized spacial score (nSPS) is 26.2. The van der Waals surface area contributed by atoms with Crippen molar-refractivity contribution >= 4 is 29.2 Å². The summed E-state index contributed by atoms with van der Waals surface area (Å²) in [5.41, 5.74) is 0.474. The van der Waals surface area contributed by atoms with Crippen molar-refractivity contribution in [1.82, 2.24) is 14.7 Å². The van der Waals surface area contributed by atoms with Gasteiger partial charge < -0.3 is 19.9 Å². The molecule has 1 aromatic carbocycles. The predicted molar refractivity (Wildman–Crippen MR) is 112 cm³/mol. The zero-order valence-electron chi connectivity index (χ0n) is 17.1. The topological polar surface area (TPSA) is 65.1 Å². The van der Waals surface area contributed by atoms with E-state index in [4.69, 9.17) is 16.3 Å². The SMILES string of the molecule is COCCN1C[C@@H]2[C@@H](C1)C(=O)N(C)C21CCN(C(=O)Nc2ccccc2Cl)CC1. The summed E-state index contributed by atoms with van der Waals surface area (Å²) in [4.78, 5) is 31.8. The standard InChI is InChI=1S/C21H29ClN4O3/c1-24-19(27)15-13-25(11-12-29-2)14-16(15)21(24)7-9-26(10-8-21)20(28)23-18-6-4-3-5-17(18)22/h3-6,15-16H,7-14H2,1-2H3,(H,23,28)/t15-,16-/m1/s1. The number of nitrogens with zero attached hydrogens (tertiary/aromatic N) is 3. The minimum atomic E-state index is -0.148. The van der Waals surface area contributed by atoms with Crippen molar-refractivity contribution in [2.24, 2.45) is 11.8 Å². The number of anilines is 1. The fraction of sp³-hybridized carbons (Fsp3) is 0.619. The van der Waals surface area contributed by atoms with E-state index in [0.717, 1.165) is 32.5 Å². The number of piperidine rings is 1. The molecule has 1 aromatic rings. The van der Waals surface area contributed by atoms with Gasteiger partial charge in [-0.1, -0.05) is 23.7 Å². The molecule has 1 spiro atoms. The number of amides is 3. The van der Waals surface area contributed by atoms with Gasteiger partial charge in [-0.2, -0.15) is 0 Å². The molecule has 2 atom stereocenters. The number of para-hydroxylation sites is 1. The fourth-order valence-electron chi connectivity index (χ4n) is 5.36. The summed E-state index contributed by atoms with van der Waals surface area (Å²) in [5.74, 6) is 0.648. The zero-order chi connectivity index (χ0) is 20.6. The van der Waals surface area contributed by atoms with Gasteiger partial charge in [-0.25, -0.2) is 4.79 Å². The van der Waals surface area contributed by atoms with Crippen molar-refractivity contribution in [2.75, 3.05) is 58.8 Å². The molecule has 3 heterocycles. The van der Waals surface area contributed by atoms with Crippen molar-refractivity contribution in [2.45, 2.75) is 18.4 Å². The predicted octanol–water partition coefficient (Wildman–Crippen LogP) is 2.37. The Morgan fingerprint density at radius 1 is 1.28 bits per heavy atom. The van der Waals surface area contributed by atoms with E-state index in [-0.39, 0.29) is 23.4 Å². The number of benzene rings is 1. The molecule has 3 saturated heterocycles. The Bertz CT molecular complexity index is 781. The van der Waals surface area contributed by atoms with Crippen LogP contribution in [-0.2, 0) is 9.53 Å². The molecular weight excluding hydrogens is 392 g/mol. The number of ether oxygens (including phenoxy) is 1. The molecule has 158 valence electrons. The van der Waals surface area contributed by atoms with Crippen LogP contribution in [0.5, 0.6) is 0 Å². The van der Waals surface area contributed by atoms with Crippen LogP contribution in [0, 0.1) is 11.8 Å². The zero-order valence-corrected chi connectivity index (χ0v) is 17.8. The maximum Gasteiger partial charge on any atom is 0.321 e. The number of hydrogen-bond acceptors (Lipinski definition) is 4. The van der Waals surface area contributed by atoms with E-state index in [0.29, 0.717) is 36.3 Å². The summed E-state index contributed by atoms with van der Waals surface area (Å²) in [5, 5.41) is 3.44. The first-order chi connectivity index (χ1) is 14.0. The van der Waals surface area contributed by atoms with Gasteiger partial charge in [0.25, 0.3) is 0 Å². The fourth-order valence-corrected chi connectivity index (χ4v) is 5.54. The lowest BCUT2D eigenvalue weighted by atomic mass is 9.75. The van der Waals surface area contributed by atoms with Gasteiger partial charge in [0.15, 0.2) is 0 Å². The summed E-state index contributed by atoms with van der Waals surface area (Å²) in [6, 6.07) is 7.11. The lowest BCUT2D eigenvalue weighted by Crippen LogP contribution is -2.57. The highest BCUT2D eigenvalue weighted by Gasteiger charge is 2.60. The number of urea groups is 1. The van der Waals surface area contributed by atoms with Crippen LogP contribution in [0.25, 0.3) is 0 Å². The van der Waals surface area contributed by atoms with E-state index < -0.39 is 0 Å². The molecule has 4 rings (SSSR count). The maximum absolute atomic E-state index is 12.9. The molecule has 3 fully saturated rings. The van der Waals surface area contributed by atoms with Crippen LogP contribution in [0.15, 0.2) is 24.3 Å². The summed E-state index contributed by atoms with van der Waals surface area (Å²) in [7, 11) is 3.65. The third kappa shape index (κ3) is 3.60. The molecule has 0 aliphatic carbocycles. The smallest absolute Gasteiger partial charge is 0.321 e. The minimum Gasteiger partial charge on any atom is -0.383 e. The van der Waals surface area contributed by atoms with Crippen molar-refractivity contribution in [3.8, 4) is 0 Å². The Balaban J connectivity index is 1.41.